The highest BCUT2D eigenvalue weighted by atomic mass is 16.1. The molecule has 2 N–H and O–H groups in total. The minimum atomic E-state index is -0.551. The molecule has 0 saturated heterocycles. The number of hydrogen-bond acceptors (Lipinski definition) is 2. The number of carbonyl (C=O) groups excluding carboxylic acids is 2. The Labute approximate surface area is 71.9 Å². The zero-order chi connectivity index (χ0) is 9.72. The summed E-state index contributed by atoms with van der Waals surface area (Å²) in [6, 6.07) is 0. The number of allylic oxidation sites excluding steroid dienone is 1. The van der Waals surface area contributed by atoms with Gasteiger partial charge in [-0.1, -0.05) is 13.2 Å². The standard InChI is InChI=1S/C9H13NO2/c1-6(2)8(11)5-4-7(3)9(10)12/h1,3-5H2,2H3,(H2,10,12). The van der Waals surface area contributed by atoms with E-state index in [4.69, 9.17) is 5.73 Å². The lowest BCUT2D eigenvalue weighted by Crippen LogP contribution is -2.14. The van der Waals surface area contributed by atoms with Gasteiger partial charge in [-0.25, -0.2) is 0 Å². The molecule has 66 valence electrons. The van der Waals surface area contributed by atoms with Crippen LogP contribution in [0.2, 0.25) is 0 Å². The SMILES string of the molecule is C=C(C)C(=O)CCC(=C)C(N)=O. The lowest BCUT2D eigenvalue weighted by Gasteiger charge is -1.99. The first-order valence-electron chi connectivity index (χ1n) is 3.61. The fourth-order valence-electron chi connectivity index (χ4n) is 0.601. The van der Waals surface area contributed by atoms with Crippen LogP contribution in [0.25, 0.3) is 0 Å². The number of Topliss-reactive ketones (excluding diaryl/α,β-unsaturated/α-hetero) is 1. The first-order valence-corrected chi connectivity index (χ1v) is 3.61. The predicted molar refractivity (Wildman–Crippen MR) is 47.4 cm³/mol. The molecule has 12 heavy (non-hydrogen) atoms. The summed E-state index contributed by atoms with van der Waals surface area (Å²) in [4.78, 5) is 21.4. The highest BCUT2D eigenvalue weighted by Gasteiger charge is 2.06. The summed E-state index contributed by atoms with van der Waals surface area (Å²) in [5.41, 5.74) is 5.70. The summed E-state index contributed by atoms with van der Waals surface area (Å²) in [5.74, 6) is -0.609. The smallest absolute Gasteiger partial charge is 0.244 e. The Kier molecular flexibility index (Phi) is 3.97. The van der Waals surface area contributed by atoms with Crippen LogP contribution in [0.3, 0.4) is 0 Å². The summed E-state index contributed by atoms with van der Waals surface area (Å²) < 4.78 is 0. The first kappa shape index (κ1) is 10.6. The molecule has 0 aliphatic rings. The molecule has 0 saturated carbocycles. The van der Waals surface area contributed by atoms with Gasteiger partial charge in [0, 0.05) is 12.0 Å². The first-order chi connectivity index (χ1) is 5.45. The van der Waals surface area contributed by atoms with Crippen LogP contribution in [0.1, 0.15) is 19.8 Å². The van der Waals surface area contributed by atoms with E-state index >= 15 is 0 Å². The van der Waals surface area contributed by atoms with Gasteiger partial charge in [-0.3, -0.25) is 9.59 Å². The summed E-state index contributed by atoms with van der Waals surface area (Å²) >= 11 is 0. The maximum Gasteiger partial charge on any atom is 0.244 e. The van der Waals surface area contributed by atoms with Gasteiger partial charge in [-0.2, -0.15) is 0 Å². The third kappa shape index (κ3) is 3.71. The number of amides is 1. The number of ketones is 1. The molecule has 0 atom stereocenters. The van der Waals surface area contributed by atoms with Crippen molar-refractivity contribution in [2.75, 3.05) is 0 Å². The summed E-state index contributed by atoms with van der Waals surface area (Å²) in [7, 11) is 0. The van der Waals surface area contributed by atoms with E-state index in [1.165, 1.54) is 0 Å². The molecular weight excluding hydrogens is 154 g/mol. The zero-order valence-electron chi connectivity index (χ0n) is 7.22. The molecular formula is C9H13NO2. The van der Waals surface area contributed by atoms with E-state index in [0.717, 1.165) is 0 Å². The van der Waals surface area contributed by atoms with E-state index < -0.39 is 5.91 Å². The van der Waals surface area contributed by atoms with Crippen molar-refractivity contribution in [2.45, 2.75) is 19.8 Å². The fraction of sp³-hybridized carbons (Fsp3) is 0.333. The molecule has 0 aromatic rings. The predicted octanol–water partition coefficient (Wildman–Crippen LogP) is 0.953. The molecule has 3 heteroatoms. The molecule has 0 bridgehead atoms. The Bertz CT molecular complexity index is 215. The van der Waals surface area contributed by atoms with E-state index in [2.05, 4.69) is 13.2 Å². The van der Waals surface area contributed by atoms with Gasteiger partial charge in [0.2, 0.25) is 5.91 Å². The molecule has 0 heterocycles. The normalized spacial score (nSPS) is 9.08. The lowest BCUT2D eigenvalue weighted by atomic mass is 10.1. The Morgan fingerprint density at radius 3 is 2.08 bits per heavy atom. The molecule has 0 aromatic carbocycles. The topological polar surface area (TPSA) is 60.2 Å². The third-order valence-electron chi connectivity index (χ3n) is 1.48. The minimum absolute atomic E-state index is 0.0580. The van der Waals surface area contributed by atoms with Crippen molar-refractivity contribution in [1.29, 1.82) is 0 Å². The molecule has 0 unspecified atom stereocenters. The second-order valence-corrected chi connectivity index (χ2v) is 2.67. The number of hydrogen-bond donors (Lipinski definition) is 1. The molecule has 1 amide bonds. The second kappa shape index (κ2) is 4.49. The Hall–Kier alpha value is -1.38. The fourth-order valence-corrected chi connectivity index (χ4v) is 0.601. The Morgan fingerprint density at radius 2 is 1.75 bits per heavy atom. The van der Waals surface area contributed by atoms with Gasteiger partial charge in [0.15, 0.2) is 5.78 Å². The number of nitrogens with two attached hydrogens (primary N) is 1. The minimum Gasteiger partial charge on any atom is -0.366 e. The van der Waals surface area contributed by atoms with Gasteiger partial charge >= 0.3 is 0 Å². The van der Waals surface area contributed by atoms with E-state index in [-0.39, 0.29) is 17.8 Å². The molecule has 0 fully saturated rings. The summed E-state index contributed by atoms with van der Waals surface area (Å²) in [6.07, 6.45) is 0.581. The molecule has 0 radical (unpaired) electrons. The van der Waals surface area contributed by atoms with Gasteiger partial charge in [0.1, 0.15) is 0 Å². The zero-order valence-corrected chi connectivity index (χ0v) is 7.22. The highest BCUT2D eigenvalue weighted by molar-refractivity contribution is 5.96. The van der Waals surface area contributed by atoms with Crippen LogP contribution in [-0.4, -0.2) is 11.7 Å². The van der Waals surface area contributed by atoms with E-state index in [0.29, 0.717) is 12.0 Å². The molecule has 0 spiro atoms. The van der Waals surface area contributed by atoms with Crippen LogP contribution in [0, 0.1) is 0 Å². The molecule has 3 nitrogen and oxygen atoms in total. The number of carbonyl (C=O) groups is 2. The monoisotopic (exact) mass is 167 g/mol. The van der Waals surface area contributed by atoms with Crippen LogP contribution < -0.4 is 5.73 Å². The van der Waals surface area contributed by atoms with E-state index in [1.54, 1.807) is 6.92 Å². The number of rotatable bonds is 5. The quantitative estimate of drug-likeness (QED) is 0.620. The van der Waals surface area contributed by atoms with Gasteiger partial charge in [0.25, 0.3) is 0 Å². The van der Waals surface area contributed by atoms with Crippen molar-refractivity contribution in [2.24, 2.45) is 5.73 Å². The second-order valence-electron chi connectivity index (χ2n) is 2.67. The van der Waals surface area contributed by atoms with Crippen molar-refractivity contribution in [3.05, 3.63) is 24.3 Å². The van der Waals surface area contributed by atoms with Crippen molar-refractivity contribution < 1.29 is 9.59 Å². The third-order valence-corrected chi connectivity index (χ3v) is 1.48. The Balaban J connectivity index is 3.85. The van der Waals surface area contributed by atoms with Crippen molar-refractivity contribution in [1.82, 2.24) is 0 Å². The molecule has 0 rings (SSSR count). The largest absolute Gasteiger partial charge is 0.366 e. The Morgan fingerprint density at radius 1 is 1.25 bits per heavy atom. The van der Waals surface area contributed by atoms with Gasteiger partial charge < -0.3 is 5.73 Å². The average Bonchev–Trinajstić information content (AvgIpc) is 1.98. The van der Waals surface area contributed by atoms with Gasteiger partial charge in [-0.15, -0.1) is 0 Å². The average molecular weight is 167 g/mol. The van der Waals surface area contributed by atoms with Crippen LogP contribution in [0.5, 0.6) is 0 Å². The van der Waals surface area contributed by atoms with Gasteiger partial charge in [0.05, 0.1) is 0 Å². The number of primary amides is 1. The van der Waals surface area contributed by atoms with E-state index in [1.807, 2.05) is 0 Å². The van der Waals surface area contributed by atoms with Crippen LogP contribution in [-0.2, 0) is 9.59 Å². The van der Waals surface area contributed by atoms with Crippen LogP contribution in [0.4, 0.5) is 0 Å². The highest BCUT2D eigenvalue weighted by Crippen LogP contribution is 2.05. The lowest BCUT2D eigenvalue weighted by molar-refractivity contribution is -0.115. The molecule has 0 aliphatic heterocycles. The summed E-state index contributed by atoms with van der Waals surface area (Å²) in [6.45, 7) is 8.55. The van der Waals surface area contributed by atoms with Crippen LogP contribution in [0.15, 0.2) is 24.3 Å². The summed E-state index contributed by atoms with van der Waals surface area (Å²) in [5, 5.41) is 0. The van der Waals surface area contributed by atoms with Crippen molar-refractivity contribution in [3.8, 4) is 0 Å². The van der Waals surface area contributed by atoms with Crippen LogP contribution >= 0.6 is 0 Å². The van der Waals surface area contributed by atoms with Crippen molar-refractivity contribution >= 4 is 11.7 Å². The van der Waals surface area contributed by atoms with Crippen molar-refractivity contribution in [3.63, 3.8) is 0 Å². The van der Waals surface area contributed by atoms with E-state index in [9.17, 15) is 9.59 Å². The maximum absolute atomic E-state index is 11.0. The molecule has 0 aromatic heterocycles. The molecule has 0 aliphatic carbocycles. The van der Waals surface area contributed by atoms with Gasteiger partial charge in [-0.05, 0) is 18.9 Å². The maximum atomic E-state index is 11.0.